The summed E-state index contributed by atoms with van der Waals surface area (Å²) in [4.78, 5) is 7.92. The highest BCUT2D eigenvalue weighted by Gasteiger charge is 2.34. The van der Waals surface area contributed by atoms with E-state index in [1.165, 1.54) is 31.9 Å². The average molecular weight is 241 g/mol. The van der Waals surface area contributed by atoms with Gasteiger partial charge in [-0.2, -0.15) is 4.98 Å². The number of nitrogen functional groups attached to an aromatic ring is 1. The Morgan fingerprint density at radius 2 is 2.31 bits per heavy atom. The number of hydrogen-bond donors (Lipinski definition) is 2. The van der Waals surface area contributed by atoms with Crippen LogP contribution in [0.4, 0.5) is 11.8 Å². The van der Waals surface area contributed by atoms with Gasteiger partial charge in [-0.25, -0.2) is 4.98 Å². The third kappa shape index (κ3) is 2.21. The predicted octanol–water partition coefficient (Wildman–Crippen LogP) is 2.70. The van der Waals surface area contributed by atoms with Gasteiger partial charge in [0, 0.05) is 6.54 Å². The van der Waals surface area contributed by atoms with E-state index >= 15 is 0 Å². The highest BCUT2D eigenvalue weighted by atomic mass is 35.5. The second-order valence-corrected chi connectivity index (χ2v) is 4.89. The van der Waals surface area contributed by atoms with Crippen LogP contribution in [0, 0.1) is 5.41 Å². The van der Waals surface area contributed by atoms with Crippen LogP contribution in [0.1, 0.15) is 32.6 Å². The molecule has 0 aliphatic heterocycles. The molecule has 1 heterocycles. The molecule has 4 nitrogen and oxygen atoms in total. The number of nitrogens with zero attached hydrogens (tertiary/aromatic N) is 2. The van der Waals surface area contributed by atoms with Gasteiger partial charge < -0.3 is 11.1 Å². The summed E-state index contributed by atoms with van der Waals surface area (Å²) >= 11 is 5.99. The van der Waals surface area contributed by atoms with Crippen LogP contribution in [-0.2, 0) is 0 Å². The summed E-state index contributed by atoms with van der Waals surface area (Å²) in [5.74, 6) is 0.903. The molecule has 0 atom stereocenters. The maximum absolute atomic E-state index is 5.99. The molecule has 0 radical (unpaired) electrons. The molecule has 1 aromatic heterocycles. The largest absolute Gasteiger partial charge is 0.368 e. The molecule has 1 aliphatic carbocycles. The summed E-state index contributed by atoms with van der Waals surface area (Å²) in [7, 11) is 0. The molecule has 1 aliphatic rings. The fourth-order valence-corrected chi connectivity index (χ4v) is 2.27. The van der Waals surface area contributed by atoms with Crippen LogP contribution in [0.15, 0.2) is 6.20 Å². The molecule has 1 fully saturated rings. The van der Waals surface area contributed by atoms with Crippen molar-refractivity contribution in [3.8, 4) is 0 Å². The first-order chi connectivity index (χ1) is 7.65. The van der Waals surface area contributed by atoms with E-state index in [0.717, 1.165) is 6.54 Å². The van der Waals surface area contributed by atoms with Crippen molar-refractivity contribution in [3.05, 3.63) is 11.2 Å². The van der Waals surface area contributed by atoms with E-state index < -0.39 is 0 Å². The lowest BCUT2D eigenvalue weighted by molar-refractivity contribution is 0.145. The van der Waals surface area contributed by atoms with Crippen molar-refractivity contribution in [1.82, 2.24) is 9.97 Å². The zero-order valence-electron chi connectivity index (χ0n) is 9.46. The summed E-state index contributed by atoms with van der Waals surface area (Å²) in [5, 5.41) is 3.81. The lowest BCUT2D eigenvalue weighted by Crippen LogP contribution is -2.36. The number of nitrogens with one attached hydrogen (secondary N) is 1. The maximum Gasteiger partial charge on any atom is 0.222 e. The number of halogens is 1. The van der Waals surface area contributed by atoms with Crippen molar-refractivity contribution in [3.63, 3.8) is 0 Å². The Balaban J connectivity index is 2.01. The molecule has 1 aromatic rings. The molecule has 0 bridgehead atoms. The van der Waals surface area contributed by atoms with Gasteiger partial charge in [-0.1, -0.05) is 24.9 Å². The second-order valence-electron chi connectivity index (χ2n) is 4.49. The SMILES string of the molecule is CCC1(CNc2nc(N)ncc2Cl)CCC1. The summed E-state index contributed by atoms with van der Waals surface area (Å²) in [5.41, 5.74) is 5.96. The van der Waals surface area contributed by atoms with Crippen LogP contribution >= 0.6 is 11.6 Å². The van der Waals surface area contributed by atoms with E-state index in [1.807, 2.05) is 0 Å². The third-order valence-electron chi connectivity index (χ3n) is 3.56. The van der Waals surface area contributed by atoms with Crippen LogP contribution in [0.2, 0.25) is 5.02 Å². The molecular formula is C11H17ClN4. The first-order valence-electron chi connectivity index (χ1n) is 5.67. The first kappa shape index (κ1) is 11.5. The highest BCUT2D eigenvalue weighted by Crippen LogP contribution is 2.43. The van der Waals surface area contributed by atoms with Crippen LogP contribution in [0.3, 0.4) is 0 Å². The lowest BCUT2D eigenvalue weighted by Gasteiger charge is -2.41. The van der Waals surface area contributed by atoms with E-state index in [1.54, 1.807) is 0 Å². The average Bonchev–Trinajstić information content (AvgIpc) is 2.22. The van der Waals surface area contributed by atoms with E-state index in [0.29, 0.717) is 16.3 Å². The van der Waals surface area contributed by atoms with Crippen molar-refractivity contribution in [2.75, 3.05) is 17.6 Å². The van der Waals surface area contributed by atoms with Crippen molar-refractivity contribution in [1.29, 1.82) is 0 Å². The zero-order valence-corrected chi connectivity index (χ0v) is 10.2. The summed E-state index contributed by atoms with van der Waals surface area (Å²) in [6.07, 6.45) is 6.63. The molecule has 16 heavy (non-hydrogen) atoms. The van der Waals surface area contributed by atoms with Gasteiger partial charge in [0.25, 0.3) is 0 Å². The minimum absolute atomic E-state index is 0.256. The lowest BCUT2D eigenvalue weighted by atomic mass is 9.67. The quantitative estimate of drug-likeness (QED) is 0.850. The van der Waals surface area contributed by atoms with E-state index in [9.17, 15) is 0 Å². The van der Waals surface area contributed by atoms with Crippen LogP contribution in [0.5, 0.6) is 0 Å². The van der Waals surface area contributed by atoms with Crippen molar-refractivity contribution >= 4 is 23.4 Å². The number of aromatic nitrogens is 2. The molecule has 0 unspecified atom stereocenters. The smallest absolute Gasteiger partial charge is 0.222 e. The molecule has 1 saturated carbocycles. The van der Waals surface area contributed by atoms with Gasteiger partial charge in [0.15, 0.2) is 0 Å². The monoisotopic (exact) mass is 240 g/mol. The van der Waals surface area contributed by atoms with Gasteiger partial charge in [-0.05, 0) is 24.7 Å². The molecule has 0 spiro atoms. The van der Waals surface area contributed by atoms with Gasteiger partial charge in [-0.15, -0.1) is 0 Å². The van der Waals surface area contributed by atoms with E-state index in [2.05, 4.69) is 22.2 Å². The normalized spacial score (nSPS) is 17.9. The van der Waals surface area contributed by atoms with Crippen LogP contribution in [-0.4, -0.2) is 16.5 Å². The fourth-order valence-electron chi connectivity index (χ4n) is 2.11. The van der Waals surface area contributed by atoms with E-state index in [-0.39, 0.29) is 5.95 Å². The predicted molar refractivity (Wildman–Crippen MR) is 66.5 cm³/mol. The maximum atomic E-state index is 5.99. The fraction of sp³-hybridized carbons (Fsp3) is 0.636. The van der Waals surface area contributed by atoms with Gasteiger partial charge in [-0.3, -0.25) is 0 Å². The summed E-state index contributed by atoms with van der Waals surface area (Å²) in [6.45, 7) is 3.15. The van der Waals surface area contributed by atoms with Gasteiger partial charge in [0.2, 0.25) is 5.95 Å². The number of rotatable bonds is 4. The topological polar surface area (TPSA) is 63.8 Å². The Hall–Kier alpha value is -1.03. The first-order valence-corrected chi connectivity index (χ1v) is 6.05. The Kier molecular flexibility index (Phi) is 3.19. The Labute approximate surface area is 101 Å². The molecule has 0 amide bonds. The molecule has 88 valence electrons. The zero-order chi connectivity index (χ0) is 11.6. The van der Waals surface area contributed by atoms with Crippen molar-refractivity contribution in [2.45, 2.75) is 32.6 Å². The van der Waals surface area contributed by atoms with Gasteiger partial charge in [0.1, 0.15) is 10.8 Å². The summed E-state index contributed by atoms with van der Waals surface area (Å²) in [6, 6.07) is 0. The standard InChI is InChI=1S/C11H17ClN4/c1-2-11(4-3-5-11)7-15-9-8(12)6-14-10(13)16-9/h6H,2-5,7H2,1H3,(H3,13,14,15,16). The van der Waals surface area contributed by atoms with Crippen molar-refractivity contribution in [2.24, 2.45) is 5.41 Å². The highest BCUT2D eigenvalue weighted by molar-refractivity contribution is 6.32. The number of anilines is 2. The van der Waals surface area contributed by atoms with Gasteiger partial charge >= 0.3 is 0 Å². The number of nitrogens with two attached hydrogens (primary N) is 1. The Morgan fingerprint density at radius 3 is 2.88 bits per heavy atom. The van der Waals surface area contributed by atoms with Crippen LogP contribution < -0.4 is 11.1 Å². The molecular weight excluding hydrogens is 224 g/mol. The molecule has 5 heteroatoms. The van der Waals surface area contributed by atoms with Crippen molar-refractivity contribution < 1.29 is 0 Å². The third-order valence-corrected chi connectivity index (χ3v) is 3.83. The minimum atomic E-state index is 0.256. The molecule has 0 saturated heterocycles. The molecule has 3 N–H and O–H groups in total. The molecule has 2 rings (SSSR count). The minimum Gasteiger partial charge on any atom is -0.368 e. The van der Waals surface area contributed by atoms with Gasteiger partial charge in [0.05, 0.1) is 6.20 Å². The Morgan fingerprint density at radius 1 is 1.56 bits per heavy atom. The Bertz CT molecular complexity index is 371. The summed E-state index contributed by atoms with van der Waals surface area (Å²) < 4.78 is 0. The number of hydrogen-bond acceptors (Lipinski definition) is 4. The second kappa shape index (κ2) is 4.45. The van der Waals surface area contributed by atoms with Crippen LogP contribution in [0.25, 0.3) is 0 Å². The van der Waals surface area contributed by atoms with E-state index in [4.69, 9.17) is 17.3 Å². The molecule has 0 aromatic carbocycles.